The van der Waals surface area contributed by atoms with Gasteiger partial charge < -0.3 is 9.47 Å². The van der Waals surface area contributed by atoms with Crippen LogP contribution in [0.5, 0.6) is 0 Å². The fraction of sp³-hybridized carbons (Fsp3) is 0.571. The molecule has 1 fully saturated rings. The van der Waals surface area contributed by atoms with Crippen molar-refractivity contribution in [1.29, 1.82) is 0 Å². The number of ether oxygens (including phenoxy) is 2. The van der Waals surface area contributed by atoms with Crippen LogP contribution in [-0.2, 0) is 9.47 Å². The van der Waals surface area contributed by atoms with Crippen molar-refractivity contribution in [3.8, 4) is 0 Å². The van der Waals surface area contributed by atoms with Crippen molar-refractivity contribution in [2.24, 2.45) is 0 Å². The normalized spacial score (nSPS) is 19.3. The molecular formula is C14H22O2Si. The van der Waals surface area contributed by atoms with Gasteiger partial charge in [-0.1, -0.05) is 54.7 Å². The largest absolute Gasteiger partial charge is 0.379 e. The predicted octanol–water partition coefficient (Wildman–Crippen LogP) is 2.41. The molecule has 1 aromatic rings. The van der Waals surface area contributed by atoms with Crippen LogP contribution in [0.3, 0.4) is 0 Å². The van der Waals surface area contributed by atoms with Gasteiger partial charge in [0.2, 0.25) is 0 Å². The molecule has 2 rings (SSSR count). The van der Waals surface area contributed by atoms with E-state index >= 15 is 0 Å². The van der Waals surface area contributed by atoms with E-state index in [0.717, 1.165) is 19.8 Å². The second-order valence-electron chi connectivity index (χ2n) is 5.38. The molecule has 1 atom stereocenters. The molecule has 1 aromatic carbocycles. The van der Waals surface area contributed by atoms with Crippen molar-refractivity contribution >= 4 is 13.3 Å². The lowest BCUT2D eigenvalue weighted by atomic mass is 10.4. The number of hydrogen-bond donors (Lipinski definition) is 0. The molecule has 0 N–H and O–H groups in total. The van der Waals surface area contributed by atoms with Crippen molar-refractivity contribution in [2.75, 3.05) is 19.8 Å². The lowest BCUT2D eigenvalue weighted by Gasteiger charge is -2.22. The summed E-state index contributed by atoms with van der Waals surface area (Å²) in [7, 11) is -1.25. The maximum Gasteiger partial charge on any atom is 0.104 e. The molecule has 0 aliphatic carbocycles. The first kappa shape index (κ1) is 12.8. The Kier molecular flexibility index (Phi) is 4.37. The van der Waals surface area contributed by atoms with Gasteiger partial charge in [-0.25, -0.2) is 0 Å². The molecule has 3 heteroatoms. The van der Waals surface area contributed by atoms with E-state index in [4.69, 9.17) is 9.47 Å². The molecule has 2 nitrogen and oxygen atoms in total. The van der Waals surface area contributed by atoms with E-state index in [1.165, 1.54) is 12.5 Å². The van der Waals surface area contributed by atoms with Crippen molar-refractivity contribution in [3.05, 3.63) is 30.3 Å². The standard InChI is InChI=1S/C14H22O2Si/c1-17(2,14-7-4-3-5-8-14)10-6-9-15-11-13-12-16-13/h3-5,7-8,13H,6,9-12H2,1-2H3. The minimum absolute atomic E-state index is 0.398. The summed E-state index contributed by atoms with van der Waals surface area (Å²) < 4.78 is 10.7. The Morgan fingerprint density at radius 3 is 2.65 bits per heavy atom. The van der Waals surface area contributed by atoms with Crippen molar-refractivity contribution in [1.82, 2.24) is 0 Å². The van der Waals surface area contributed by atoms with Gasteiger partial charge in [0.05, 0.1) is 21.3 Å². The van der Waals surface area contributed by atoms with Crippen molar-refractivity contribution in [2.45, 2.75) is 31.7 Å². The summed E-state index contributed by atoms with van der Waals surface area (Å²) in [6.45, 7) is 7.43. The van der Waals surface area contributed by atoms with Crippen LogP contribution < -0.4 is 5.19 Å². The van der Waals surface area contributed by atoms with Crippen LogP contribution in [0.4, 0.5) is 0 Å². The van der Waals surface area contributed by atoms with Crippen LogP contribution >= 0.6 is 0 Å². The molecule has 0 spiro atoms. The minimum Gasteiger partial charge on any atom is -0.379 e. The van der Waals surface area contributed by atoms with Crippen LogP contribution in [0.15, 0.2) is 30.3 Å². The van der Waals surface area contributed by atoms with Crippen molar-refractivity contribution < 1.29 is 9.47 Å². The van der Waals surface area contributed by atoms with Crippen LogP contribution in [0, 0.1) is 0 Å². The van der Waals surface area contributed by atoms with Crippen LogP contribution in [0.25, 0.3) is 0 Å². The van der Waals surface area contributed by atoms with E-state index in [-0.39, 0.29) is 0 Å². The molecule has 1 unspecified atom stereocenters. The summed E-state index contributed by atoms with van der Waals surface area (Å²) in [4.78, 5) is 0. The molecule has 0 amide bonds. The monoisotopic (exact) mass is 250 g/mol. The van der Waals surface area contributed by atoms with Gasteiger partial charge in [0, 0.05) is 6.61 Å². The topological polar surface area (TPSA) is 21.8 Å². The molecule has 1 aliphatic rings. The Balaban J connectivity index is 1.69. The first-order valence-electron chi connectivity index (χ1n) is 6.43. The molecule has 1 saturated heterocycles. The lowest BCUT2D eigenvalue weighted by Crippen LogP contribution is -2.41. The highest BCUT2D eigenvalue weighted by atomic mass is 28.3. The van der Waals surface area contributed by atoms with E-state index in [9.17, 15) is 0 Å². The van der Waals surface area contributed by atoms with Gasteiger partial charge in [-0.05, 0) is 6.42 Å². The second-order valence-corrected chi connectivity index (χ2v) is 10.2. The van der Waals surface area contributed by atoms with Gasteiger partial charge in [-0.15, -0.1) is 0 Å². The van der Waals surface area contributed by atoms with Crippen LogP contribution in [0.1, 0.15) is 6.42 Å². The third-order valence-corrected chi connectivity index (χ3v) is 6.85. The number of benzene rings is 1. The van der Waals surface area contributed by atoms with Crippen molar-refractivity contribution in [3.63, 3.8) is 0 Å². The zero-order valence-corrected chi connectivity index (χ0v) is 11.8. The Labute approximate surface area is 105 Å². The Morgan fingerprint density at radius 2 is 2.00 bits per heavy atom. The highest BCUT2D eigenvalue weighted by Crippen LogP contribution is 2.13. The number of rotatable bonds is 7. The molecule has 0 aromatic heterocycles. The second kappa shape index (κ2) is 5.80. The van der Waals surface area contributed by atoms with Gasteiger partial charge >= 0.3 is 0 Å². The third-order valence-electron chi connectivity index (χ3n) is 3.35. The van der Waals surface area contributed by atoms with E-state index in [2.05, 4.69) is 43.4 Å². The van der Waals surface area contributed by atoms with Gasteiger partial charge in [-0.2, -0.15) is 0 Å². The van der Waals surface area contributed by atoms with Crippen LogP contribution in [0.2, 0.25) is 19.1 Å². The number of hydrogen-bond acceptors (Lipinski definition) is 2. The quantitative estimate of drug-likeness (QED) is 0.421. The first-order valence-corrected chi connectivity index (χ1v) is 9.64. The van der Waals surface area contributed by atoms with E-state index in [1.54, 1.807) is 5.19 Å². The van der Waals surface area contributed by atoms with E-state index in [1.807, 2.05) is 0 Å². The lowest BCUT2D eigenvalue weighted by molar-refractivity contribution is 0.117. The molecular weight excluding hydrogens is 228 g/mol. The zero-order valence-electron chi connectivity index (χ0n) is 10.8. The molecule has 1 heterocycles. The smallest absolute Gasteiger partial charge is 0.104 e. The van der Waals surface area contributed by atoms with Gasteiger partial charge in [0.25, 0.3) is 0 Å². The molecule has 0 saturated carbocycles. The average Bonchev–Trinajstić information content (AvgIpc) is 3.14. The predicted molar refractivity (Wildman–Crippen MR) is 73.5 cm³/mol. The van der Waals surface area contributed by atoms with Gasteiger partial charge in [-0.3, -0.25) is 0 Å². The molecule has 17 heavy (non-hydrogen) atoms. The van der Waals surface area contributed by atoms with Gasteiger partial charge in [0.15, 0.2) is 0 Å². The Hall–Kier alpha value is -0.643. The highest BCUT2D eigenvalue weighted by Gasteiger charge is 2.24. The molecule has 94 valence electrons. The average molecular weight is 250 g/mol. The fourth-order valence-electron chi connectivity index (χ4n) is 2.03. The SMILES string of the molecule is C[Si](C)(CCCOCC1CO1)c1ccccc1. The van der Waals surface area contributed by atoms with E-state index in [0.29, 0.717) is 6.10 Å². The van der Waals surface area contributed by atoms with E-state index < -0.39 is 8.07 Å². The zero-order chi connectivity index (χ0) is 12.1. The first-order chi connectivity index (χ1) is 8.18. The number of epoxide rings is 1. The summed E-state index contributed by atoms with van der Waals surface area (Å²) in [6.07, 6.45) is 1.57. The summed E-state index contributed by atoms with van der Waals surface area (Å²) >= 11 is 0. The summed E-state index contributed by atoms with van der Waals surface area (Å²) in [5.41, 5.74) is 0. The van der Waals surface area contributed by atoms with Gasteiger partial charge in [0.1, 0.15) is 6.10 Å². The highest BCUT2D eigenvalue weighted by molar-refractivity contribution is 6.89. The molecule has 1 aliphatic heterocycles. The molecule has 0 bridgehead atoms. The third kappa shape index (κ3) is 4.26. The molecule has 0 radical (unpaired) electrons. The summed E-state index contributed by atoms with van der Waals surface area (Å²) in [5.74, 6) is 0. The Morgan fingerprint density at radius 1 is 1.29 bits per heavy atom. The summed E-state index contributed by atoms with van der Waals surface area (Å²) in [5, 5.41) is 1.55. The maximum atomic E-state index is 5.59. The van der Waals surface area contributed by atoms with Crippen LogP contribution in [-0.4, -0.2) is 34.0 Å². The summed E-state index contributed by atoms with van der Waals surface area (Å²) in [6, 6.07) is 12.2. The Bertz CT molecular complexity index is 333. The fourth-order valence-corrected chi connectivity index (χ4v) is 4.44. The maximum absolute atomic E-state index is 5.59. The minimum atomic E-state index is -1.25.